The Labute approximate surface area is 128 Å². The van der Waals surface area contributed by atoms with E-state index < -0.39 is 0 Å². The second kappa shape index (κ2) is 5.14. The number of pyridine rings is 1. The number of halogens is 2. The summed E-state index contributed by atoms with van der Waals surface area (Å²) in [6.45, 7) is 2.00. The van der Waals surface area contributed by atoms with Crippen LogP contribution in [0.4, 0.5) is 5.82 Å². The van der Waals surface area contributed by atoms with Crippen molar-refractivity contribution in [2.75, 3.05) is 5.43 Å². The number of aromatic nitrogens is 3. The number of hydrazine groups is 1. The van der Waals surface area contributed by atoms with E-state index >= 15 is 0 Å². The van der Waals surface area contributed by atoms with Gasteiger partial charge in [-0.3, -0.25) is 0 Å². The standard InChI is InChI=1S/C12H9Cl2N5S/c1-5-2-7-10(19-15)17-11(18-12(7)20-5)9-8(14)3-6(13)4-16-9/h2-4H,15H2,1H3,(H,17,18,19). The summed E-state index contributed by atoms with van der Waals surface area (Å²) in [7, 11) is 0. The molecule has 0 saturated carbocycles. The van der Waals surface area contributed by atoms with Crippen molar-refractivity contribution in [3.8, 4) is 11.5 Å². The molecule has 3 heterocycles. The second-order valence-corrected chi connectivity index (χ2v) is 6.18. The quantitative estimate of drug-likeness (QED) is 0.555. The normalized spacial score (nSPS) is 11.0. The van der Waals surface area contributed by atoms with Crippen LogP contribution in [0.25, 0.3) is 21.7 Å². The van der Waals surface area contributed by atoms with E-state index in [1.165, 1.54) is 6.20 Å². The molecule has 3 aromatic heterocycles. The van der Waals surface area contributed by atoms with Crippen LogP contribution in [0.2, 0.25) is 10.0 Å². The fraction of sp³-hybridized carbons (Fsp3) is 0.0833. The summed E-state index contributed by atoms with van der Waals surface area (Å²) in [5.41, 5.74) is 3.06. The Kier molecular flexibility index (Phi) is 3.47. The Morgan fingerprint density at radius 2 is 2.05 bits per heavy atom. The molecule has 0 saturated heterocycles. The molecule has 0 aromatic carbocycles. The molecule has 0 unspecified atom stereocenters. The van der Waals surface area contributed by atoms with Gasteiger partial charge in [0, 0.05) is 11.1 Å². The van der Waals surface area contributed by atoms with Crippen LogP contribution < -0.4 is 11.3 Å². The number of thiophene rings is 1. The third kappa shape index (κ3) is 2.31. The molecule has 0 fully saturated rings. The van der Waals surface area contributed by atoms with Crippen LogP contribution >= 0.6 is 34.5 Å². The zero-order valence-corrected chi connectivity index (χ0v) is 12.6. The van der Waals surface area contributed by atoms with Gasteiger partial charge in [0.2, 0.25) is 0 Å². The molecular weight excluding hydrogens is 317 g/mol. The summed E-state index contributed by atoms with van der Waals surface area (Å²) in [6, 6.07) is 3.59. The molecule has 0 bridgehead atoms. The van der Waals surface area contributed by atoms with Gasteiger partial charge in [-0.25, -0.2) is 20.8 Å². The molecule has 0 aliphatic heterocycles. The first-order chi connectivity index (χ1) is 9.58. The zero-order chi connectivity index (χ0) is 14.3. The van der Waals surface area contributed by atoms with Crippen molar-refractivity contribution in [2.45, 2.75) is 6.92 Å². The highest BCUT2D eigenvalue weighted by Crippen LogP contribution is 2.32. The maximum atomic E-state index is 6.14. The Hall–Kier alpha value is -1.47. The average molecular weight is 326 g/mol. The number of nitrogens with two attached hydrogens (primary N) is 1. The van der Waals surface area contributed by atoms with Crippen LogP contribution in [-0.4, -0.2) is 15.0 Å². The van der Waals surface area contributed by atoms with Gasteiger partial charge in [-0.05, 0) is 19.1 Å². The number of hydrogen-bond donors (Lipinski definition) is 2. The fourth-order valence-corrected chi connectivity index (χ4v) is 3.18. The van der Waals surface area contributed by atoms with E-state index in [1.54, 1.807) is 17.4 Å². The summed E-state index contributed by atoms with van der Waals surface area (Å²) >= 11 is 13.5. The molecule has 0 amide bonds. The predicted molar refractivity (Wildman–Crippen MR) is 83.2 cm³/mol. The van der Waals surface area contributed by atoms with Gasteiger partial charge in [0.25, 0.3) is 0 Å². The van der Waals surface area contributed by atoms with E-state index in [9.17, 15) is 0 Å². The molecule has 5 nitrogen and oxygen atoms in total. The molecule has 0 aliphatic carbocycles. The summed E-state index contributed by atoms with van der Waals surface area (Å²) in [6.07, 6.45) is 1.51. The third-order valence-electron chi connectivity index (χ3n) is 2.67. The summed E-state index contributed by atoms with van der Waals surface area (Å²) in [5, 5.41) is 1.74. The maximum Gasteiger partial charge on any atom is 0.183 e. The molecule has 0 aliphatic rings. The van der Waals surface area contributed by atoms with Crippen LogP contribution in [0.5, 0.6) is 0 Å². The number of hydrogen-bond acceptors (Lipinski definition) is 6. The monoisotopic (exact) mass is 325 g/mol. The van der Waals surface area contributed by atoms with Crippen LogP contribution in [-0.2, 0) is 0 Å². The van der Waals surface area contributed by atoms with E-state index in [2.05, 4.69) is 20.4 Å². The first-order valence-electron chi connectivity index (χ1n) is 5.64. The van der Waals surface area contributed by atoms with Gasteiger partial charge in [-0.15, -0.1) is 11.3 Å². The van der Waals surface area contributed by atoms with Crippen LogP contribution in [0.15, 0.2) is 18.3 Å². The Morgan fingerprint density at radius 1 is 1.25 bits per heavy atom. The van der Waals surface area contributed by atoms with Crippen molar-refractivity contribution in [1.82, 2.24) is 15.0 Å². The SMILES string of the molecule is Cc1cc2c(NN)nc(-c3ncc(Cl)cc3Cl)nc2s1. The molecule has 3 rings (SSSR count). The van der Waals surface area contributed by atoms with Crippen molar-refractivity contribution in [3.05, 3.63) is 33.3 Å². The minimum absolute atomic E-state index is 0.396. The molecular formula is C12H9Cl2N5S. The number of nitrogens with one attached hydrogen (secondary N) is 1. The number of nitrogens with zero attached hydrogens (tertiary/aromatic N) is 3. The first-order valence-corrected chi connectivity index (χ1v) is 7.22. The number of fused-ring (bicyclic) bond motifs is 1. The van der Waals surface area contributed by atoms with Crippen LogP contribution in [0, 0.1) is 6.92 Å². The lowest BCUT2D eigenvalue weighted by Crippen LogP contribution is -2.10. The number of aryl methyl sites for hydroxylation is 1. The maximum absolute atomic E-state index is 6.14. The molecule has 0 atom stereocenters. The Morgan fingerprint density at radius 3 is 2.75 bits per heavy atom. The van der Waals surface area contributed by atoms with Crippen LogP contribution in [0.3, 0.4) is 0 Å². The van der Waals surface area contributed by atoms with Gasteiger partial charge in [-0.2, -0.15) is 0 Å². The molecule has 102 valence electrons. The molecule has 0 spiro atoms. The lowest BCUT2D eigenvalue weighted by atomic mass is 10.3. The lowest BCUT2D eigenvalue weighted by molar-refractivity contribution is 1.16. The minimum Gasteiger partial charge on any atom is -0.308 e. The van der Waals surface area contributed by atoms with Gasteiger partial charge >= 0.3 is 0 Å². The van der Waals surface area contributed by atoms with E-state index in [1.807, 2.05) is 13.0 Å². The van der Waals surface area contributed by atoms with E-state index in [-0.39, 0.29) is 0 Å². The van der Waals surface area contributed by atoms with Gasteiger partial charge < -0.3 is 5.43 Å². The van der Waals surface area contributed by atoms with Gasteiger partial charge in [0.1, 0.15) is 10.5 Å². The summed E-state index contributed by atoms with van der Waals surface area (Å²) in [5.74, 6) is 6.48. The van der Waals surface area contributed by atoms with Gasteiger partial charge in [0.05, 0.1) is 15.4 Å². The Bertz CT molecular complexity index is 802. The predicted octanol–water partition coefficient (Wildman–Crippen LogP) is 3.65. The van der Waals surface area contributed by atoms with Crippen LogP contribution in [0.1, 0.15) is 4.88 Å². The molecule has 8 heteroatoms. The van der Waals surface area contributed by atoms with E-state index in [0.717, 1.165) is 15.1 Å². The first kappa shape index (κ1) is 13.5. The number of nitrogen functional groups attached to an aromatic ring is 1. The highest BCUT2D eigenvalue weighted by molar-refractivity contribution is 7.18. The largest absolute Gasteiger partial charge is 0.308 e. The third-order valence-corrected chi connectivity index (χ3v) is 4.11. The average Bonchev–Trinajstić information content (AvgIpc) is 2.77. The highest BCUT2D eigenvalue weighted by atomic mass is 35.5. The van der Waals surface area contributed by atoms with E-state index in [4.69, 9.17) is 29.0 Å². The molecule has 20 heavy (non-hydrogen) atoms. The fourth-order valence-electron chi connectivity index (χ4n) is 1.84. The van der Waals surface area contributed by atoms with Crippen molar-refractivity contribution >= 4 is 50.6 Å². The molecule has 0 radical (unpaired) electrons. The topological polar surface area (TPSA) is 76.7 Å². The molecule has 3 N–H and O–H groups in total. The number of anilines is 1. The van der Waals surface area contributed by atoms with Gasteiger partial charge in [-0.1, -0.05) is 23.2 Å². The summed E-state index contributed by atoms with van der Waals surface area (Å²) in [4.78, 5) is 15.0. The lowest BCUT2D eigenvalue weighted by Gasteiger charge is -2.06. The Balaban J connectivity index is 2.25. The van der Waals surface area contributed by atoms with Crippen molar-refractivity contribution in [3.63, 3.8) is 0 Å². The zero-order valence-electron chi connectivity index (χ0n) is 10.3. The van der Waals surface area contributed by atoms with Gasteiger partial charge in [0.15, 0.2) is 11.6 Å². The molecule has 3 aromatic rings. The number of rotatable bonds is 2. The van der Waals surface area contributed by atoms with E-state index in [0.29, 0.717) is 27.4 Å². The second-order valence-electron chi connectivity index (χ2n) is 4.10. The smallest absolute Gasteiger partial charge is 0.183 e. The van der Waals surface area contributed by atoms with Crippen molar-refractivity contribution < 1.29 is 0 Å². The highest BCUT2D eigenvalue weighted by Gasteiger charge is 2.14. The van der Waals surface area contributed by atoms with Crippen molar-refractivity contribution in [2.24, 2.45) is 5.84 Å². The minimum atomic E-state index is 0.396. The van der Waals surface area contributed by atoms with Crippen molar-refractivity contribution in [1.29, 1.82) is 0 Å². The summed E-state index contributed by atoms with van der Waals surface area (Å²) < 4.78 is 0.